The van der Waals surface area contributed by atoms with Gasteiger partial charge in [-0.1, -0.05) is 12.8 Å². The first-order chi connectivity index (χ1) is 16.2. The van der Waals surface area contributed by atoms with Crippen molar-refractivity contribution in [1.29, 1.82) is 0 Å². The molecule has 0 aromatic rings. The molecule has 1 heterocycles. The second-order valence-corrected chi connectivity index (χ2v) is 11.7. The maximum Gasteiger partial charge on any atom is 0.373 e. The lowest BCUT2D eigenvalue weighted by atomic mass is 9.67. The first-order valence-electron chi connectivity index (χ1n) is 13.7. The van der Waals surface area contributed by atoms with E-state index in [0.29, 0.717) is 31.0 Å². The summed E-state index contributed by atoms with van der Waals surface area (Å²) in [7, 11) is 0. The standard InChI is InChI=1S/C27H45NO4S/c1-3-30-25(27(29)31-4-2)18-20-9-10-22-19-23(12-11-21(22)17-20)32-15-13-28-14-16-33-26-8-6-5-7-24(26)28/h18,20-24,26H,3-17,19H2,1-2H3. The third-order valence-corrected chi connectivity index (χ3v) is 9.74. The molecule has 0 radical (unpaired) electrons. The highest BCUT2D eigenvalue weighted by Crippen LogP contribution is 2.44. The van der Waals surface area contributed by atoms with Gasteiger partial charge in [0, 0.05) is 30.1 Å². The first-order valence-corrected chi connectivity index (χ1v) is 14.7. The summed E-state index contributed by atoms with van der Waals surface area (Å²) in [5.74, 6) is 3.36. The third kappa shape index (κ3) is 6.91. The lowest BCUT2D eigenvalue weighted by Crippen LogP contribution is -2.50. The number of hydrogen-bond donors (Lipinski definition) is 0. The van der Waals surface area contributed by atoms with E-state index < -0.39 is 0 Å². The molecule has 0 amide bonds. The summed E-state index contributed by atoms with van der Waals surface area (Å²) < 4.78 is 17.2. The molecule has 3 saturated carbocycles. The molecule has 6 heteroatoms. The largest absolute Gasteiger partial charge is 0.487 e. The second kappa shape index (κ2) is 12.8. The maximum atomic E-state index is 12.2. The van der Waals surface area contributed by atoms with Gasteiger partial charge in [0.2, 0.25) is 5.76 Å². The number of ether oxygens (including phenoxy) is 3. The Labute approximate surface area is 205 Å². The Bertz CT molecular complexity index is 654. The Morgan fingerprint density at radius 1 is 0.970 bits per heavy atom. The van der Waals surface area contributed by atoms with E-state index in [1.807, 2.05) is 13.8 Å². The van der Waals surface area contributed by atoms with Crippen molar-refractivity contribution in [2.75, 3.05) is 38.7 Å². The molecule has 3 aliphatic carbocycles. The average Bonchev–Trinajstić information content (AvgIpc) is 2.84. The van der Waals surface area contributed by atoms with Crippen LogP contribution < -0.4 is 0 Å². The third-order valence-electron chi connectivity index (χ3n) is 8.35. The van der Waals surface area contributed by atoms with E-state index in [1.54, 1.807) is 0 Å². The van der Waals surface area contributed by atoms with Crippen molar-refractivity contribution in [3.63, 3.8) is 0 Å². The molecule has 0 N–H and O–H groups in total. The Morgan fingerprint density at radius 3 is 2.61 bits per heavy atom. The number of thioether (sulfide) groups is 1. The van der Waals surface area contributed by atoms with Crippen LogP contribution in [-0.4, -0.2) is 66.9 Å². The molecule has 33 heavy (non-hydrogen) atoms. The monoisotopic (exact) mass is 479 g/mol. The number of allylic oxidation sites excluding steroid dienone is 1. The number of carbonyl (C=O) groups is 1. The summed E-state index contributed by atoms with van der Waals surface area (Å²) in [6.07, 6.45) is 15.3. The van der Waals surface area contributed by atoms with Gasteiger partial charge in [0.05, 0.1) is 25.9 Å². The minimum absolute atomic E-state index is 0.314. The highest BCUT2D eigenvalue weighted by atomic mass is 32.2. The van der Waals surface area contributed by atoms with Crippen LogP contribution in [0.4, 0.5) is 0 Å². The summed E-state index contributed by atoms with van der Waals surface area (Å²) in [5.41, 5.74) is 0. The zero-order valence-electron chi connectivity index (χ0n) is 20.8. The minimum Gasteiger partial charge on any atom is -0.487 e. The topological polar surface area (TPSA) is 48.0 Å². The van der Waals surface area contributed by atoms with Gasteiger partial charge in [-0.25, -0.2) is 4.79 Å². The van der Waals surface area contributed by atoms with Gasteiger partial charge < -0.3 is 14.2 Å². The van der Waals surface area contributed by atoms with Gasteiger partial charge in [-0.15, -0.1) is 0 Å². The van der Waals surface area contributed by atoms with E-state index in [-0.39, 0.29) is 5.97 Å². The van der Waals surface area contributed by atoms with Gasteiger partial charge in [-0.05, 0) is 89.0 Å². The van der Waals surface area contributed by atoms with Gasteiger partial charge in [0.1, 0.15) is 0 Å². The smallest absolute Gasteiger partial charge is 0.373 e. The fourth-order valence-corrected chi connectivity index (χ4v) is 8.23. The molecule has 5 nitrogen and oxygen atoms in total. The van der Waals surface area contributed by atoms with Gasteiger partial charge >= 0.3 is 5.97 Å². The molecule has 188 valence electrons. The normalized spacial score (nSPS) is 35.4. The van der Waals surface area contributed by atoms with Crippen molar-refractivity contribution in [2.24, 2.45) is 17.8 Å². The predicted octanol–water partition coefficient (Wildman–Crippen LogP) is 5.43. The van der Waals surface area contributed by atoms with E-state index in [2.05, 4.69) is 22.7 Å². The van der Waals surface area contributed by atoms with Crippen LogP contribution in [-0.2, 0) is 19.0 Å². The molecule has 4 fully saturated rings. The number of rotatable bonds is 9. The van der Waals surface area contributed by atoms with Gasteiger partial charge in [0.25, 0.3) is 0 Å². The molecule has 4 aliphatic rings. The summed E-state index contributed by atoms with van der Waals surface area (Å²) in [6.45, 7) is 7.91. The van der Waals surface area contributed by atoms with E-state index in [1.165, 1.54) is 70.1 Å². The van der Waals surface area contributed by atoms with Crippen molar-refractivity contribution in [2.45, 2.75) is 95.5 Å². The molecule has 0 aromatic carbocycles. The van der Waals surface area contributed by atoms with Crippen molar-refractivity contribution >= 4 is 17.7 Å². The second-order valence-electron chi connectivity index (χ2n) is 10.4. The van der Waals surface area contributed by atoms with Crippen molar-refractivity contribution in [3.8, 4) is 0 Å². The van der Waals surface area contributed by atoms with Gasteiger partial charge in [0.15, 0.2) is 0 Å². The molecule has 6 unspecified atom stereocenters. The zero-order chi connectivity index (χ0) is 23.0. The van der Waals surface area contributed by atoms with Crippen LogP contribution >= 0.6 is 11.8 Å². The molecule has 1 saturated heterocycles. The fourth-order valence-electron chi connectivity index (χ4n) is 6.72. The van der Waals surface area contributed by atoms with Crippen molar-refractivity contribution < 1.29 is 19.0 Å². The Balaban J connectivity index is 1.20. The van der Waals surface area contributed by atoms with Crippen molar-refractivity contribution in [1.82, 2.24) is 4.90 Å². The van der Waals surface area contributed by atoms with E-state index in [4.69, 9.17) is 14.2 Å². The number of esters is 1. The SMILES string of the molecule is CCOC(=O)C(=CC1CCC2CC(OCCN3CCSC4CCCCC43)CCC2C1)OCC. The van der Waals surface area contributed by atoms with Gasteiger partial charge in [-0.2, -0.15) is 11.8 Å². The van der Waals surface area contributed by atoms with Crippen LogP contribution in [0.2, 0.25) is 0 Å². The highest BCUT2D eigenvalue weighted by molar-refractivity contribution is 8.00. The molecule has 0 aromatic heterocycles. The van der Waals surface area contributed by atoms with E-state index >= 15 is 0 Å². The molecule has 1 aliphatic heterocycles. The maximum absolute atomic E-state index is 12.2. The Hall–Kier alpha value is -0.720. The first kappa shape index (κ1) is 25.4. The molecule has 0 spiro atoms. The number of hydrogen-bond acceptors (Lipinski definition) is 6. The minimum atomic E-state index is -0.314. The summed E-state index contributed by atoms with van der Waals surface area (Å²) >= 11 is 2.21. The Morgan fingerprint density at radius 2 is 1.76 bits per heavy atom. The zero-order valence-corrected chi connectivity index (χ0v) is 21.7. The molecular weight excluding hydrogens is 434 g/mol. The van der Waals surface area contributed by atoms with E-state index in [0.717, 1.165) is 42.7 Å². The van der Waals surface area contributed by atoms with Crippen LogP contribution in [0.25, 0.3) is 0 Å². The van der Waals surface area contributed by atoms with Crippen LogP contribution in [0, 0.1) is 17.8 Å². The summed E-state index contributed by atoms with van der Waals surface area (Å²) in [5, 5.41) is 0.874. The van der Waals surface area contributed by atoms with Crippen LogP contribution in [0.1, 0.15) is 78.1 Å². The number of nitrogens with zero attached hydrogens (tertiary/aromatic N) is 1. The number of carbonyl (C=O) groups excluding carboxylic acids is 1. The van der Waals surface area contributed by atoms with Crippen molar-refractivity contribution in [3.05, 3.63) is 11.8 Å². The summed E-state index contributed by atoms with van der Waals surface area (Å²) in [4.78, 5) is 14.9. The number of fused-ring (bicyclic) bond motifs is 2. The van der Waals surface area contributed by atoms with Gasteiger partial charge in [-0.3, -0.25) is 4.90 Å². The van der Waals surface area contributed by atoms with Crippen LogP contribution in [0.3, 0.4) is 0 Å². The highest BCUT2D eigenvalue weighted by Gasteiger charge is 2.37. The predicted molar refractivity (Wildman–Crippen MR) is 134 cm³/mol. The van der Waals surface area contributed by atoms with Crippen LogP contribution in [0.5, 0.6) is 0 Å². The van der Waals surface area contributed by atoms with Crippen LogP contribution in [0.15, 0.2) is 11.8 Å². The average molecular weight is 480 g/mol. The lowest BCUT2D eigenvalue weighted by molar-refractivity contribution is -0.142. The molecule has 4 rings (SSSR count). The molecular formula is C27H45NO4S. The summed E-state index contributed by atoms with van der Waals surface area (Å²) in [6, 6.07) is 0.802. The Kier molecular flexibility index (Phi) is 9.87. The quantitative estimate of drug-likeness (QED) is 0.250. The lowest BCUT2D eigenvalue weighted by Gasteiger charge is -2.44. The van der Waals surface area contributed by atoms with E-state index in [9.17, 15) is 4.79 Å². The molecule has 6 atom stereocenters. The molecule has 0 bridgehead atoms. The fraction of sp³-hybridized carbons (Fsp3) is 0.889.